The summed E-state index contributed by atoms with van der Waals surface area (Å²) in [7, 11) is 0. The highest BCUT2D eigenvalue weighted by Crippen LogP contribution is 2.49. The van der Waals surface area contributed by atoms with E-state index < -0.39 is 5.79 Å². The van der Waals surface area contributed by atoms with Gasteiger partial charge in [-0.25, -0.2) is 0 Å². The first kappa shape index (κ1) is 24.9. The average Bonchev–Trinajstić information content (AvgIpc) is 2.59. The molecular weight excluding hydrogens is 360 g/mol. The van der Waals surface area contributed by atoms with Crippen molar-refractivity contribution in [3.05, 3.63) is 0 Å². The Hall–Kier alpha value is -1.14. The van der Waals surface area contributed by atoms with E-state index in [1.54, 1.807) is 13.8 Å². The van der Waals surface area contributed by atoms with E-state index >= 15 is 0 Å². The molecule has 1 aliphatic carbocycles. The van der Waals surface area contributed by atoms with Crippen LogP contribution in [0.4, 0.5) is 0 Å². The Bertz CT molecular complexity index is 509. The van der Waals surface area contributed by atoms with E-state index in [1.807, 2.05) is 6.92 Å². The van der Waals surface area contributed by atoms with Crippen LogP contribution in [0.3, 0.4) is 0 Å². The van der Waals surface area contributed by atoms with E-state index in [0.29, 0.717) is 32.3 Å². The molecule has 6 nitrogen and oxygen atoms in total. The Morgan fingerprint density at radius 3 is 2.11 bits per heavy atom. The Morgan fingerprint density at radius 2 is 1.57 bits per heavy atom. The van der Waals surface area contributed by atoms with Gasteiger partial charge in [-0.15, -0.1) is 0 Å². The molecule has 1 saturated carbocycles. The summed E-state index contributed by atoms with van der Waals surface area (Å²) in [5.41, 5.74) is -0.00815. The van der Waals surface area contributed by atoms with Crippen molar-refractivity contribution in [2.75, 3.05) is 26.4 Å². The van der Waals surface area contributed by atoms with Gasteiger partial charge >= 0.3 is 11.9 Å². The van der Waals surface area contributed by atoms with Gasteiger partial charge in [0.15, 0.2) is 5.79 Å². The molecule has 1 heterocycles. The Kier molecular flexibility index (Phi) is 9.41. The van der Waals surface area contributed by atoms with Crippen molar-refractivity contribution >= 4 is 11.9 Å². The zero-order valence-electron chi connectivity index (χ0n) is 18.9. The van der Waals surface area contributed by atoms with Crippen LogP contribution in [-0.2, 0) is 28.5 Å². The third-order valence-electron chi connectivity index (χ3n) is 5.80. The van der Waals surface area contributed by atoms with E-state index in [4.69, 9.17) is 18.9 Å². The van der Waals surface area contributed by atoms with Gasteiger partial charge in [0.2, 0.25) is 0 Å². The number of ether oxygens (including phenoxy) is 4. The molecule has 2 unspecified atom stereocenters. The monoisotopic (exact) mass is 400 g/mol. The van der Waals surface area contributed by atoms with Crippen molar-refractivity contribution in [1.82, 2.24) is 0 Å². The average molecular weight is 401 g/mol. The van der Waals surface area contributed by atoms with E-state index in [1.165, 1.54) is 6.42 Å². The molecule has 2 rings (SSSR count). The van der Waals surface area contributed by atoms with Gasteiger partial charge in [-0.2, -0.15) is 0 Å². The number of rotatable bonds is 5. The van der Waals surface area contributed by atoms with Gasteiger partial charge in [-0.3, -0.25) is 9.59 Å². The smallest absolute Gasteiger partial charge is 0.312 e. The molecule has 2 aliphatic rings. The number of carbonyl (C=O) groups excluding carboxylic acids is 2. The second-order valence-corrected chi connectivity index (χ2v) is 9.08. The fourth-order valence-corrected chi connectivity index (χ4v) is 4.00. The zero-order chi connectivity index (χ0) is 21.4. The predicted octanol–water partition coefficient (Wildman–Crippen LogP) is 4.49. The standard InChI is InChI=1S/C13H24O2.C9H16O4/c1-6-15-11(14)13(5)9-12(3,4)8-7-10(13)2;1-3-11-8(10)7-9(2)12-5-4-6-13-9/h10H,6-9H2,1-5H3;3-7H2,1-2H3. The molecular formula is C22H40O6. The first-order valence-corrected chi connectivity index (χ1v) is 10.6. The van der Waals surface area contributed by atoms with Crippen LogP contribution in [-0.4, -0.2) is 44.2 Å². The topological polar surface area (TPSA) is 71.1 Å². The van der Waals surface area contributed by atoms with E-state index in [-0.39, 0.29) is 29.2 Å². The Morgan fingerprint density at radius 1 is 1.00 bits per heavy atom. The van der Waals surface area contributed by atoms with Crippen molar-refractivity contribution in [3.63, 3.8) is 0 Å². The largest absolute Gasteiger partial charge is 0.466 e. The lowest BCUT2D eigenvalue weighted by Gasteiger charge is -2.45. The van der Waals surface area contributed by atoms with E-state index in [0.717, 1.165) is 19.3 Å². The fourth-order valence-electron chi connectivity index (χ4n) is 4.00. The lowest BCUT2D eigenvalue weighted by atomic mass is 9.59. The predicted molar refractivity (Wildman–Crippen MR) is 108 cm³/mol. The minimum Gasteiger partial charge on any atom is -0.466 e. The SMILES string of the molecule is CCOC(=O)C1(C)CC(C)(C)CCC1C.CCOC(=O)CC1(C)OCCCO1. The van der Waals surface area contributed by atoms with Crippen LogP contribution < -0.4 is 0 Å². The molecule has 0 spiro atoms. The molecule has 28 heavy (non-hydrogen) atoms. The second kappa shape index (κ2) is 10.6. The first-order chi connectivity index (χ1) is 13.0. The highest BCUT2D eigenvalue weighted by Gasteiger charge is 2.47. The number of hydrogen-bond donors (Lipinski definition) is 0. The summed E-state index contributed by atoms with van der Waals surface area (Å²) < 4.78 is 20.7. The van der Waals surface area contributed by atoms with Crippen LogP contribution in [0.15, 0.2) is 0 Å². The summed E-state index contributed by atoms with van der Waals surface area (Å²) in [5.74, 6) is -0.619. The van der Waals surface area contributed by atoms with Gasteiger partial charge in [0.05, 0.1) is 38.3 Å². The third-order valence-corrected chi connectivity index (χ3v) is 5.80. The second-order valence-electron chi connectivity index (χ2n) is 9.08. The molecule has 0 radical (unpaired) electrons. The summed E-state index contributed by atoms with van der Waals surface area (Å²) in [6.07, 6.45) is 4.34. The van der Waals surface area contributed by atoms with Crippen LogP contribution in [0.1, 0.15) is 80.6 Å². The lowest BCUT2D eigenvalue weighted by Crippen LogP contribution is -2.43. The Labute approximate surface area is 170 Å². The molecule has 6 heteroatoms. The summed E-state index contributed by atoms with van der Waals surface area (Å²) in [5, 5.41) is 0. The van der Waals surface area contributed by atoms with Crippen molar-refractivity contribution < 1.29 is 28.5 Å². The van der Waals surface area contributed by atoms with Gasteiger partial charge in [-0.05, 0) is 64.7 Å². The van der Waals surface area contributed by atoms with Gasteiger partial charge < -0.3 is 18.9 Å². The van der Waals surface area contributed by atoms with Crippen molar-refractivity contribution in [2.24, 2.45) is 16.7 Å². The fraction of sp³-hybridized carbons (Fsp3) is 0.909. The number of hydrogen-bond acceptors (Lipinski definition) is 6. The van der Waals surface area contributed by atoms with Gasteiger partial charge in [0, 0.05) is 0 Å². The molecule has 0 aromatic rings. The normalized spacial score (nSPS) is 28.5. The van der Waals surface area contributed by atoms with E-state index in [2.05, 4.69) is 27.7 Å². The number of carbonyl (C=O) groups is 2. The van der Waals surface area contributed by atoms with Crippen molar-refractivity contribution in [3.8, 4) is 0 Å². The summed E-state index contributed by atoms with van der Waals surface area (Å²) in [6, 6.07) is 0. The molecule has 0 aromatic heterocycles. The molecule has 2 atom stereocenters. The minimum atomic E-state index is -0.773. The molecule has 0 amide bonds. The molecule has 0 bridgehead atoms. The number of esters is 2. The van der Waals surface area contributed by atoms with Gasteiger partial charge in [0.1, 0.15) is 0 Å². The maximum absolute atomic E-state index is 12.0. The van der Waals surface area contributed by atoms with Gasteiger partial charge in [0.25, 0.3) is 0 Å². The third kappa shape index (κ3) is 7.36. The highest BCUT2D eigenvalue weighted by molar-refractivity contribution is 5.77. The maximum Gasteiger partial charge on any atom is 0.312 e. The summed E-state index contributed by atoms with van der Waals surface area (Å²) in [4.78, 5) is 23.1. The van der Waals surface area contributed by atoms with E-state index in [9.17, 15) is 9.59 Å². The van der Waals surface area contributed by atoms with Crippen LogP contribution in [0.2, 0.25) is 0 Å². The van der Waals surface area contributed by atoms with Crippen LogP contribution >= 0.6 is 0 Å². The molecule has 0 aromatic carbocycles. The molecule has 1 saturated heterocycles. The quantitative estimate of drug-likeness (QED) is 0.633. The minimum absolute atomic E-state index is 0.00900. The van der Waals surface area contributed by atoms with Crippen LogP contribution in [0.5, 0.6) is 0 Å². The van der Waals surface area contributed by atoms with Crippen molar-refractivity contribution in [1.29, 1.82) is 0 Å². The molecule has 1 aliphatic heterocycles. The highest BCUT2D eigenvalue weighted by atomic mass is 16.7. The maximum atomic E-state index is 12.0. The van der Waals surface area contributed by atoms with Crippen LogP contribution in [0.25, 0.3) is 0 Å². The first-order valence-electron chi connectivity index (χ1n) is 10.6. The van der Waals surface area contributed by atoms with Crippen LogP contribution in [0, 0.1) is 16.7 Å². The zero-order valence-corrected chi connectivity index (χ0v) is 18.9. The lowest BCUT2D eigenvalue weighted by molar-refractivity contribution is -0.259. The summed E-state index contributed by atoms with van der Waals surface area (Å²) in [6.45, 7) is 16.3. The molecule has 164 valence electrons. The summed E-state index contributed by atoms with van der Waals surface area (Å²) >= 11 is 0. The van der Waals surface area contributed by atoms with Crippen molar-refractivity contribution in [2.45, 2.75) is 86.4 Å². The van der Waals surface area contributed by atoms with Gasteiger partial charge in [-0.1, -0.05) is 20.8 Å². The molecule has 0 N–H and O–H groups in total. The molecule has 2 fully saturated rings. The Balaban J connectivity index is 0.000000283.